The molecule has 1 unspecified atom stereocenters. The Hall–Kier alpha value is -3.47. The van der Waals surface area contributed by atoms with E-state index < -0.39 is 11.7 Å². The highest BCUT2D eigenvalue weighted by molar-refractivity contribution is 5.73. The fraction of sp³-hybridized carbons (Fsp3) is 0.440. The molecule has 2 aliphatic heterocycles. The molecule has 4 heterocycles. The Morgan fingerprint density at radius 3 is 2.53 bits per heavy atom. The maximum atomic E-state index is 12.9. The fourth-order valence-electron chi connectivity index (χ4n) is 4.80. The number of anilines is 1. The predicted molar refractivity (Wildman–Crippen MR) is 126 cm³/mol. The van der Waals surface area contributed by atoms with E-state index in [0.29, 0.717) is 44.4 Å². The second kappa shape index (κ2) is 9.88. The molecule has 0 spiro atoms. The highest BCUT2D eigenvalue weighted by Gasteiger charge is 2.32. The van der Waals surface area contributed by atoms with Crippen molar-refractivity contribution in [3.63, 3.8) is 0 Å². The van der Waals surface area contributed by atoms with E-state index >= 15 is 0 Å². The van der Waals surface area contributed by atoms with Crippen LogP contribution < -0.4 is 4.90 Å². The summed E-state index contributed by atoms with van der Waals surface area (Å²) in [5.41, 5.74) is 0.942. The van der Waals surface area contributed by atoms with E-state index in [0.717, 1.165) is 48.5 Å². The summed E-state index contributed by atoms with van der Waals surface area (Å²) in [6, 6.07) is 8.94. The first-order valence-electron chi connectivity index (χ1n) is 12.0. The minimum absolute atomic E-state index is 0.0787. The Kier molecular flexibility index (Phi) is 6.65. The molecule has 8 nitrogen and oxygen atoms in total. The summed E-state index contributed by atoms with van der Waals surface area (Å²) in [6.07, 6.45) is -0.853. The highest BCUT2D eigenvalue weighted by Crippen LogP contribution is 2.34. The van der Waals surface area contributed by atoms with Gasteiger partial charge in [0.15, 0.2) is 0 Å². The number of alkyl halides is 3. The van der Waals surface area contributed by atoms with Crippen LogP contribution in [0.2, 0.25) is 0 Å². The van der Waals surface area contributed by atoms with Crippen molar-refractivity contribution in [3.05, 3.63) is 59.6 Å². The Morgan fingerprint density at radius 1 is 1.08 bits per heavy atom. The summed E-state index contributed by atoms with van der Waals surface area (Å²) in [4.78, 5) is 26.8. The van der Waals surface area contributed by atoms with Crippen LogP contribution in [0.5, 0.6) is 0 Å². The van der Waals surface area contributed by atoms with E-state index in [4.69, 9.17) is 4.52 Å². The van der Waals surface area contributed by atoms with Crippen molar-refractivity contribution in [3.8, 4) is 11.4 Å². The van der Waals surface area contributed by atoms with Crippen LogP contribution in [0.4, 0.5) is 19.0 Å². The molecule has 36 heavy (non-hydrogen) atoms. The molecule has 0 aliphatic carbocycles. The lowest BCUT2D eigenvalue weighted by atomic mass is 10.1. The van der Waals surface area contributed by atoms with Crippen molar-refractivity contribution in [2.24, 2.45) is 0 Å². The highest BCUT2D eigenvalue weighted by atomic mass is 19.4. The number of halogens is 3. The van der Waals surface area contributed by atoms with Gasteiger partial charge in [-0.15, -0.1) is 0 Å². The molecule has 0 radical (unpaired) electrons. The number of piperazine rings is 1. The van der Waals surface area contributed by atoms with Gasteiger partial charge in [0, 0.05) is 51.4 Å². The third-order valence-electron chi connectivity index (χ3n) is 6.81. The van der Waals surface area contributed by atoms with Gasteiger partial charge in [-0.3, -0.25) is 9.69 Å². The molecule has 1 atom stereocenters. The number of carbonyl (C=O) groups excluding carboxylic acids is 1. The van der Waals surface area contributed by atoms with E-state index in [1.807, 2.05) is 17.0 Å². The van der Waals surface area contributed by atoms with Gasteiger partial charge < -0.3 is 14.3 Å². The van der Waals surface area contributed by atoms with Crippen molar-refractivity contribution in [1.82, 2.24) is 24.9 Å². The van der Waals surface area contributed by atoms with Crippen molar-refractivity contribution in [1.29, 1.82) is 0 Å². The van der Waals surface area contributed by atoms with E-state index in [-0.39, 0.29) is 11.9 Å². The van der Waals surface area contributed by atoms with Gasteiger partial charge in [-0.2, -0.15) is 18.2 Å². The zero-order valence-electron chi connectivity index (χ0n) is 19.9. The summed E-state index contributed by atoms with van der Waals surface area (Å²) < 4.78 is 44.2. The minimum atomic E-state index is -4.34. The molecule has 1 aromatic carbocycles. The predicted octanol–water partition coefficient (Wildman–Crippen LogP) is 4.16. The van der Waals surface area contributed by atoms with E-state index in [9.17, 15) is 18.0 Å². The smallest absolute Gasteiger partial charge is 0.353 e. The zero-order chi connectivity index (χ0) is 25.3. The maximum absolute atomic E-state index is 12.9. The molecule has 2 aromatic heterocycles. The number of rotatable bonds is 5. The van der Waals surface area contributed by atoms with Gasteiger partial charge in [-0.05, 0) is 49.2 Å². The molecular formula is C25H27F3N6O2. The normalized spacial score (nSPS) is 19.2. The van der Waals surface area contributed by atoms with Crippen LogP contribution in [0, 0.1) is 0 Å². The molecule has 5 rings (SSSR count). The number of pyridine rings is 1. The van der Waals surface area contributed by atoms with Gasteiger partial charge >= 0.3 is 6.18 Å². The average molecular weight is 501 g/mol. The third-order valence-corrected chi connectivity index (χ3v) is 6.81. The number of hydrogen-bond donors (Lipinski definition) is 0. The van der Waals surface area contributed by atoms with Gasteiger partial charge in [0.05, 0.1) is 11.6 Å². The zero-order valence-corrected chi connectivity index (χ0v) is 19.9. The Bertz CT molecular complexity index is 1210. The van der Waals surface area contributed by atoms with Crippen molar-refractivity contribution < 1.29 is 22.5 Å². The number of carbonyl (C=O) groups is 1. The van der Waals surface area contributed by atoms with Crippen molar-refractivity contribution in [2.75, 3.05) is 37.6 Å². The third kappa shape index (κ3) is 5.20. The minimum Gasteiger partial charge on any atom is -0.353 e. The number of aromatic nitrogens is 3. The van der Waals surface area contributed by atoms with E-state index in [1.54, 1.807) is 13.1 Å². The largest absolute Gasteiger partial charge is 0.416 e. The first-order chi connectivity index (χ1) is 17.3. The average Bonchev–Trinajstić information content (AvgIpc) is 3.54. The molecule has 0 bridgehead atoms. The number of likely N-dealkylation sites (tertiary alicyclic amines) is 1. The van der Waals surface area contributed by atoms with Gasteiger partial charge in [-0.1, -0.05) is 17.3 Å². The Morgan fingerprint density at radius 2 is 1.83 bits per heavy atom. The van der Waals surface area contributed by atoms with Crippen LogP contribution in [-0.2, 0) is 17.5 Å². The topological polar surface area (TPSA) is 78.6 Å². The quantitative estimate of drug-likeness (QED) is 0.521. The van der Waals surface area contributed by atoms with Crippen LogP contribution >= 0.6 is 0 Å². The van der Waals surface area contributed by atoms with Gasteiger partial charge in [0.2, 0.25) is 17.6 Å². The summed E-state index contributed by atoms with van der Waals surface area (Å²) in [5.74, 6) is 1.85. The van der Waals surface area contributed by atoms with Crippen LogP contribution in [-0.4, -0.2) is 63.6 Å². The lowest BCUT2D eigenvalue weighted by Crippen LogP contribution is -2.48. The first-order valence-corrected chi connectivity index (χ1v) is 12.0. The Labute approximate surface area is 206 Å². The van der Waals surface area contributed by atoms with Crippen LogP contribution in [0.15, 0.2) is 47.1 Å². The van der Waals surface area contributed by atoms with Gasteiger partial charge in [0.25, 0.3) is 0 Å². The molecule has 0 N–H and O–H groups in total. The summed E-state index contributed by atoms with van der Waals surface area (Å²) in [7, 11) is 0. The lowest BCUT2D eigenvalue weighted by molar-refractivity contribution is -0.137. The molecule has 2 fully saturated rings. The number of hydrogen-bond acceptors (Lipinski definition) is 7. The van der Waals surface area contributed by atoms with E-state index in [2.05, 4.69) is 24.9 Å². The number of benzene rings is 1. The van der Waals surface area contributed by atoms with Crippen LogP contribution in [0.3, 0.4) is 0 Å². The number of amides is 1. The lowest BCUT2D eigenvalue weighted by Gasteiger charge is -2.34. The standard InChI is InChI=1S/C25H27F3N6O2/c1-17(35)32-11-13-33(14-12-32)22-15-19(8-9-29-22)23-30-24(36-31-23)21-3-2-10-34(21)16-18-4-6-20(7-5-18)25(26,27)28/h4-9,15,21H,2-3,10-14,16H2,1H3. The van der Waals surface area contributed by atoms with Crippen molar-refractivity contribution >= 4 is 11.7 Å². The molecule has 2 aliphatic rings. The van der Waals surface area contributed by atoms with Crippen LogP contribution in [0.1, 0.15) is 42.8 Å². The molecule has 2 saturated heterocycles. The first kappa shape index (κ1) is 24.2. The summed E-state index contributed by atoms with van der Waals surface area (Å²) in [6.45, 7) is 5.61. The monoisotopic (exact) mass is 500 g/mol. The summed E-state index contributed by atoms with van der Waals surface area (Å²) in [5, 5.41) is 4.20. The van der Waals surface area contributed by atoms with Gasteiger partial charge in [-0.25, -0.2) is 4.98 Å². The fourth-order valence-corrected chi connectivity index (χ4v) is 4.80. The Balaban J connectivity index is 1.27. The van der Waals surface area contributed by atoms with Crippen LogP contribution in [0.25, 0.3) is 11.4 Å². The molecular weight excluding hydrogens is 473 g/mol. The molecule has 0 saturated carbocycles. The second-order valence-corrected chi connectivity index (χ2v) is 9.18. The maximum Gasteiger partial charge on any atom is 0.416 e. The second-order valence-electron chi connectivity index (χ2n) is 9.18. The van der Waals surface area contributed by atoms with Gasteiger partial charge in [0.1, 0.15) is 5.82 Å². The molecule has 3 aromatic rings. The summed E-state index contributed by atoms with van der Waals surface area (Å²) >= 11 is 0. The molecule has 1 amide bonds. The van der Waals surface area contributed by atoms with E-state index in [1.165, 1.54) is 12.1 Å². The molecule has 11 heteroatoms. The number of nitrogens with zero attached hydrogens (tertiary/aromatic N) is 6. The SMILES string of the molecule is CC(=O)N1CCN(c2cc(-c3noc(C4CCCN4Cc4ccc(C(F)(F)F)cc4)n3)ccn2)CC1. The molecule has 190 valence electrons. The van der Waals surface area contributed by atoms with Crippen molar-refractivity contribution in [2.45, 2.75) is 38.5 Å².